The van der Waals surface area contributed by atoms with Gasteiger partial charge in [-0.2, -0.15) is 0 Å². The Hall–Kier alpha value is -0.0431. The van der Waals surface area contributed by atoms with Crippen molar-refractivity contribution in [1.82, 2.24) is 0 Å². The van der Waals surface area contributed by atoms with E-state index >= 15 is 0 Å². The van der Waals surface area contributed by atoms with Crippen molar-refractivity contribution in [2.75, 3.05) is 0 Å². The Labute approximate surface area is 42.1 Å². The van der Waals surface area contributed by atoms with Crippen molar-refractivity contribution in [3.05, 3.63) is 12.7 Å². The van der Waals surface area contributed by atoms with Gasteiger partial charge >= 0.3 is 0 Å². The Balaban J connectivity index is 2.49. The van der Waals surface area contributed by atoms with Crippen LogP contribution >= 0.6 is 0 Å². The first kappa shape index (κ1) is 5.96. The molecule has 0 spiro atoms. The molecule has 0 saturated heterocycles. The van der Waals surface area contributed by atoms with Crippen LogP contribution in [-0.2, 0) is 0 Å². The maximum Gasteiger partial charge on any atom is 0.0237 e. The maximum atomic E-state index is 3.63. The van der Waals surface area contributed by atoms with Gasteiger partial charge in [0.1, 0.15) is 0 Å². The minimum Gasteiger partial charge on any atom is -0.103 e. The van der Waals surface area contributed by atoms with Crippen LogP contribution in [0.2, 0.25) is 12.1 Å². The van der Waals surface area contributed by atoms with Gasteiger partial charge in [0.25, 0.3) is 0 Å². The van der Waals surface area contributed by atoms with E-state index in [-0.39, 0.29) is 0 Å². The van der Waals surface area contributed by atoms with E-state index in [9.17, 15) is 0 Å². The first-order chi connectivity index (χ1) is 2.91. The largest absolute Gasteiger partial charge is 0.103 e. The van der Waals surface area contributed by atoms with Gasteiger partial charge in [0, 0.05) is 9.52 Å². The van der Waals surface area contributed by atoms with Crippen LogP contribution in [0.4, 0.5) is 0 Å². The summed E-state index contributed by atoms with van der Waals surface area (Å²) in [4.78, 5) is 0. The summed E-state index contributed by atoms with van der Waals surface area (Å²) in [6.07, 6.45) is 2.02. The van der Waals surface area contributed by atoms with Crippen LogP contribution in [0.15, 0.2) is 12.7 Å². The van der Waals surface area contributed by atoms with Crippen LogP contribution in [0, 0.1) is 0 Å². The zero-order chi connectivity index (χ0) is 4.83. The lowest BCUT2D eigenvalue weighted by molar-refractivity contribution is 1.43. The Bertz CT molecular complexity index is 32.9. The fourth-order valence-electron chi connectivity index (χ4n) is 0.348. The van der Waals surface area contributed by atoms with Gasteiger partial charge in [-0.3, -0.25) is 0 Å². The first-order valence-corrected chi connectivity index (χ1v) is 4.52. The summed E-state index contributed by atoms with van der Waals surface area (Å²) in [7, 11) is 0.304. The SMILES string of the molecule is C=CC[SiH2]CC. The van der Waals surface area contributed by atoms with Crippen LogP contribution < -0.4 is 0 Å². The highest BCUT2D eigenvalue weighted by Crippen LogP contribution is 1.81. The highest BCUT2D eigenvalue weighted by molar-refractivity contribution is 6.35. The van der Waals surface area contributed by atoms with Gasteiger partial charge in [0.15, 0.2) is 0 Å². The van der Waals surface area contributed by atoms with E-state index in [4.69, 9.17) is 0 Å². The Morgan fingerprint density at radius 3 is 2.67 bits per heavy atom. The van der Waals surface area contributed by atoms with Gasteiger partial charge in [-0.15, -0.1) is 6.58 Å². The second kappa shape index (κ2) is 4.96. The molecule has 0 N–H and O–H groups in total. The average molecular weight is 100 g/mol. The Morgan fingerprint density at radius 2 is 2.50 bits per heavy atom. The van der Waals surface area contributed by atoms with Crippen molar-refractivity contribution in [1.29, 1.82) is 0 Å². The van der Waals surface area contributed by atoms with Crippen LogP contribution in [0.1, 0.15) is 6.92 Å². The molecule has 1 heteroatoms. The Kier molecular flexibility index (Phi) is 4.92. The molecular formula is C5H12Si. The van der Waals surface area contributed by atoms with Gasteiger partial charge in [-0.05, 0) is 6.04 Å². The number of rotatable bonds is 3. The van der Waals surface area contributed by atoms with Crippen molar-refractivity contribution in [2.24, 2.45) is 0 Å². The van der Waals surface area contributed by atoms with Crippen molar-refractivity contribution >= 4 is 9.52 Å². The summed E-state index contributed by atoms with van der Waals surface area (Å²) in [6.45, 7) is 5.88. The van der Waals surface area contributed by atoms with E-state index in [1.807, 2.05) is 6.08 Å². The number of hydrogen-bond acceptors (Lipinski definition) is 0. The highest BCUT2D eigenvalue weighted by atomic mass is 28.2. The minimum atomic E-state index is 0.304. The molecule has 0 radical (unpaired) electrons. The van der Waals surface area contributed by atoms with Crippen molar-refractivity contribution < 1.29 is 0 Å². The zero-order valence-corrected chi connectivity index (χ0v) is 5.82. The molecule has 0 nitrogen and oxygen atoms in total. The average Bonchev–Trinajstić information content (AvgIpc) is 1.61. The molecule has 36 valence electrons. The normalized spacial score (nSPS) is 10.2. The molecule has 0 rings (SSSR count). The summed E-state index contributed by atoms with van der Waals surface area (Å²) < 4.78 is 0. The molecule has 0 aromatic heterocycles. The number of hydrogen-bond donors (Lipinski definition) is 0. The van der Waals surface area contributed by atoms with Gasteiger partial charge in [-0.1, -0.05) is 19.0 Å². The molecule has 0 aliphatic carbocycles. The van der Waals surface area contributed by atoms with E-state index in [0.29, 0.717) is 9.52 Å². The molecule has 0 atom stereocenters. The maximum absolute atomic E-state index is 3.63. The summed E-state index contributed by atoms with van der Waals surface area (Å²) in [5, 5.41) is 0. The molecule has 0 aliphatic heterocycles. The number of allylic oxidation sites excluding steroid dienone is 1. The van der Waals surface area contributed by atoms with Crippen molar-refractivity contribution in [3.8, 4) is 0 Å². The lowest BCUT2D eigenvalue weighted by Gasteiger charge is -1.80. The molecule has 0 unspecified atom stereocenters. The molecule has 0 saturated carbocycles. The summed E-state index contributed by atoms with van der Waals surface area (Å²) in [5.74, 6) is 0. The third-order valence-corrected chi connectivity index (χ3v) is 2.29. The van der Waals surface area contributed by atoms with Gasteiger partial charge in [-0.25, -0.2) is 0 Å². The van der Waals surface area contributed by atoms with Crippen molar-refractivity contribution in [2.45, 2.75) is 19.0 Å². The molecular weight excluding hydrogens is 88.1 g/mol. The van der Waals surface area contributed by atoms with Crippen LogP contribution in [0.5, 0.6) is 0 Å². The van der Waals surface area contributed by atoms with E-state index in [1.54, 1.807) is 0 Å². The molecule has 0 aromatic carbocycles. The quantitative estimate of drug-likeness (QED) is 0.284. The van der Waals surface area contributed by atoms with Crippen LogP contribution in [0.25, 0.3) is 0 Å². The monoisotopic (exact) mass is 100 g/mol. The topological polar surface area (TPSA) is 0 Å². The van der Waals surface area contributed by atoms with E-state index < -0.39 is 0 Å². The van der Waals surface area contributed by atoms with E-state index in [1.165, 1.54) is 12.1 Å². The molecule has 0 amide bonds. The third kappa shape index (κ3) is 3.96. The second-order valence-corrected chi connectivity index (χ2v) is 3.72. The summed E-state index contributed by atoms with van der Waals surface area (Å²) in [5.41, 5.74) is 0. The highest BCUT2D eigenvalue weighted by Gasteiger charge is 1.73. The molecule has 0 bridgehead atoms. The van der Waals surface area contributed by atoms with Gasteiger partial charge < -0.3 is 0 Å². The standard InChI is InChI=1S/C5H12Si/c1-3-5-6-4-2/h3H,1,4-6H2,2H3. The smallest absolute Gasteiger partial charge is 0.0237 e. The third-order valence-electron chi connectivity index (χ3n) is 0.762. The van der Waals surface area contributed by atoms with Crippen LogP contribution in [0.3, 0.4) is 0 Å². The van der Waals surface area contributed by atoms with Gasteiger partial charge in [0.05, 0.1) is 0 Å². The zero-order valence-electron chi connectivity index (χ0n) is 4.41. The molecule has 0 aromatic rings. The van der Waals surface area contributed by atoms with Crippen LogP contribution in [-0.4, -0.2) is 9.52 Å². The summed E-state index contributed by atoms with van der Waals surface area (Å²) >= 11 is 0. The predicted octanol–water partition coefficient (Wildman–Crippen LogP) is 1.20. The molecule has 0 aliphatic rings. The van der Waals surface area contributed by atoms with Crippen molar-refractivity contribution in [3.63, 3.8) is 0 Å². The summed E-state index contributed by atoms with van der Waals surface area (Å²) in [6, 6.07) is 2.74. The first-order valence-electron chi connectivity index (χ1n) is 2.52. The molecule has 0 heterocycles. The minimum absolute atomic E-state index is 0.304. The fraction of sp³-hybridized carbons (Fsp3) is 0.600. The Morgan fingerprint density at radius 1 is 1.83 bits per heavy atom. The molecule has 6 heavy (non-hydrogen) atoms. The van der Waals surface area contributed by atoms with Gasteiger partial charge in [0.2, 0.25) is 0 Å². The van der Waals surface area contributed by atoms with E-state index in [2.05, 4.69) is 13.5 Å². The lowest BCUT2D eigenvalue weighted by Crippen LogP contribution is -1.78. The lowest BCUT2D eigenvalue weighted by atomic mass is 10.8. The fourth-order valence-corrected chi connectivity index (χ4v) is 1.05. The van der Waals surface area contributed by atoms with E-state index in [0.717, 1.165) is 0 Å². The second-order valence-electron chi connectivity index (χ2n) is 1.43. The predicted molar refractivity (Wildman–Crippen MR) is 34.0 cm³/mol. The molecule has 0 fully saturated rings.